The number of aryl methyl sites for hydroxylation is 1. The van der Waals surface area contributed by atoms with Crippen LogP contribution in [0.4, 0.5) is 0 Å². The van der Waals surface area contributed by atoms with Crippen molar-refractivity contribution >= 4 is 0 Å². The van der Waals surface area contributed by atoms with Crippen LogP contribution in [0.2, 0.25) is 0 Å². The minimum Gasteiger partial charge on any atom is -0.393 e. The van der Waals surface area contributed by atoms with E-state index >= 15 is 0 Å². The van der Waals surface area contributed by atoms with Crippen molar-refractivity contribution in [2.75, 3.05) is 0 Å². The second-order valence-electron chi connectivity index (χ2n) is 4.85. The van der Waals surface area contributed by atoms with Crippen LogP contribution in [0.3, 0.4) is 0 Å². The van der Waals surface area contributed by atoms with Gasteiger partial charge in [0.1, 0.15) is 0 Å². The first kappa shape index (κ1) is 15.0. The lowest BCUT2D eigenvalue weighted by Gasteiger charge is -2.16. The third-order valence-electron chi connectivity index (χ3n) is 3.45. The Balaban J connectivity index is 2.24. The van der Waals surface area contributed by atoms with Crippen molar-refractivity contribution in [2.24, 2.45) is 5.92 Å². The number of allylic oxidation sites excluding steroid dienone is 1. The Hall–Kier alpha value is -1.08. The van der Waals surface area contributed by atoms with Crippen LogP contribution in [0.1, 0.15) is 45.1 Å². The van der Waals surface area contributed by atoms with E-state index < -0.39 is 0 Å². The van der Waals surface area contributed by atoms with Crippen molar-refractivity contribution in [2.45, 2.75) is 52.1 Å². The van der Waals surface area contributed by atoms with Gasteiger partial charge in [0.25, 0.3) is 0 Å². The second kappa shape index (κ2) is 8.93. The highest BCUT2D eigenvalue weighted by molar-refractivity contribution is 5.14. The van der Waals surface area contributed by atoms with Crippen LogP contribution < -0.4 is 0 Å². The molecule has 0 aliphatic heterocycles. The average molecular weight is 246 g/mol. The number of hydrogen-bond acceptors (Lipinski definition) is 1. The van der Waals surface area contributed by atoms with Gasteiger partial charge < -0.3 is 5.11 Å². The summed E-state index contributed by atoms with van der Waals surface area (Å²) in [6.07, 6.45) is 9.52. The molecule has 2 atom stereocenters. The van der Waals surface area contributed by atoms with Gasteiger partial charge in [0.05, 0.1) is 6.10 Å². The number of rotatable bonds is 8. The molecule has 1 heteroatoms. The number of benzene rings is 1. The summed E-state index contributed by atoms with van der Waals surface area (Å²) < 4.78 is 0. The SMILES string of the molecule is CC[C@@H](O)[C@H](/C=C/CCCc1ccccc1)CC. The zero-order chi connectivity index (χ0) is 13.2. The third kappa shape index (κ3) is 5.50. The molecule has 1 aromatic rings. The van der Waals surface area contributed by atoms with Gasteiger partial charge in [-0.1, -0.05) is 56.3 Å². The van der Waals surface area contributed by atoms with Gasteiger partial charge in [0, 0.05) is 5.92 Å². The summed E-state index contributed by atoms with van der Waals surface area (Å²) in [4.78, 5) is 0. The maximum Gasteiger partial charge on any atom is 0.0600 e. The van der Waals surface area contributed by atoms with Gasteiger partial charge in [-0.3, -0.25) is 0 Å². The third-order valence-corrected chi connectivity index (χ3v) is 3.45. The Morgan fingerprint density at radius 3 is 2.44 bits per heavy atom. The summed E-state index contributed by atoms with van der Waals surface area (Å²) in [7, 11) is 0. The lowest BCUT2D eigenvalue weighted by Crippen LogP contribution is -2.16. The minimum absolute atomic E-state index is 0.180. The molecule has 1 nitrogen and oxygen atoms in total. The van der Waals surface area contributed by atoms with E-state index in [1.165, 1.54) is 12.0 Å². The largest absolute Gasteiger partial charge is 0.393 e. The second-order valence-corrected chi connectivity index (χ2v) is 4.85. The predicted octanol–water partition coefficient (Wildman–Crippen LogP) is 4.36. The predicted molar refractivity (Wildman–Crippen MR) is 78.6 cm³/mol. The van der Waals surface area contributed by atoms with E-state index in [9.17, 15) is 5.11 Å². The molecule has 100 valence electrons. The molecule has 0 spiro atoms. The first-order valence-electron chi connectivity index (χ1n) is 7.16. The molecule has 0 aromatic heterocycles. The van der Waals surface area contributed by atoms with Gasteiger partial charge in [-0.15, -0.1) is 0 Å². The van der Waals surface area contributed by atoms with Gasteiger partial charge in [0.15, 0.2) is 0 Å². The lowest BCUT2D eigenvalue weighted by molar-refractivity contribution is 0.124. The van der Waals surface area contributed by atoms with Crippen LogP contribution in [0.25, 0.3) is 0 Å². The Bertz CT molecular complexity index is 329. The highest BCUT2D eigenvalue weighted by Gasteiger charge is 2.11. The van der Waals surface area contributed by atoms with Gasteiger partial charge >= 0.3 is 0 Å². The molecule has 0 amide bonds. The molecular formula is C17H26O. The Morgan fingerprint density at radius 2 is 1.83 bits per heavy atom. The molecule has 1 rings (SSSR count). The van der Waals surface area contributed by atoms with Gasteiger partial charge in [-0.2, -0.15) is 0 Å². The lowest BCUT2D eigenvalue weighted by atomic mass is 9.96. The summed E-state index contributed by atoms with van der Waals surface area (Å²) >= 11 is 0. The van der Waals surface area contributed by atoms with Gasteiger partial charge in [-0.05, 0) is 37.7 Å². The van der Waals surface area contributed by atoms with E-state index in [0.717, 1.165) is 25.7 Å². The summed E-state index contributed by atoms with van der Waals surface area (Å²) in [6, 6.07) is 10.6. The molecular weight excluding hydrogens is 220 g/mol. The van der Waals surface area contributed by atoms with E-state index in [1.807, 2.05) is 6.92 Å². The molecule has 0 aliphatic carbocycles. The standard InChI is InChI=1S/C17H26O/c1-3-16(17(18)4-2)14-10-6-9-13-15-11-7-5-8-12-15/h5,7-8,10-12,14,16-18H,3-4,6,9,13H2,1-2H3/b14-10+/t16-,17+/m0/s1. The number of aliphatic hydroxyl groups is 1. The molecule has 0 unspecified atom stereocenters. The number of hydrogen-bond donors (Lipinski definition) is 1. The van der Waals surface area contributed by atoms with Crippen molar-refractivity contribution in [1.82, 2.24) is 0 Å². The fourth-order valence-electron chi connectivity index (χ4n) is 2.18. The van der Waals surface area contributed by atoms with Crippen LogP contribution in [0.5, 0.6) is 0 Å². The number of unbranched alkanes of at least 4 members (excludes halogenated alkanes) is 1. The Labute approximate surface area is 112 Å². The average Bonchev–Trinajstić information content (AvgIpc) is 2.43. The summed E-state index contributed by atoms with van der Waals surface area (Å²) in [6.45, 7) is 4.18. The highest BCUT2D eigenvalue weighted by Crippen LogP contribution is 2.14. The first-order valence-corrected chi connectivity index (χ1v) is 7.16. The smallest absolute Gasteiger partial charge is 0.0600 e. The number of aliphatic hydroxyl groups excluding tert-OH is 1. The molecule has 1 N–H and O–H groups in total. The molecule has 0 heterocycles. The van der Waals surface area contributed by atoms with Crippen molar-refractivity contribution in [3.05, 3.63) is 48.0 Å². The Morgan fingerprint density at radius 1 is 1.11 bits per heavy atom. The fourth-order valence-corrected chi connectivity index (χ4v) is 2.18. The molecule has 0 radical (unpaired) electrons. The highest BCUT2D eigenvalue weighted by atomic mass is 16.3. The van der Waals surface area contributed by atoms with Gasteiger partial charge in [0.2, 0.25) is 0 Å². The van der Waals surface area contributed by atoms with E-state index in [2.05, 4.69) is 49.4 Å². The first-order chi connectivity index (χ1) is 8.77. The summed E-state index contributed by atoms with van der Waals surface area (Å²) in [5.74, 6) is 0.326. The normalized spacial score (nSPS) is 14.8. The maximum absolute atomic E-state index is 9.80. The quantitative estimate of drug-likeness (QED) is 0.533. The topological polar surface area (TPSA) is 20.2 Å². The fraction of sp³-hybridized carbons (Fsp3) is 0.529. The summed E-state index contributed by atoms with van der Waals surface area (Å²) in [5, 5.41) is 9.80. The maximum atomic E-state index is 9.80. The zero-order valence-corrected chi connectivity index (χ0v) is 11.7. The van der Waals surface area contributed by atoms with Gasteiger partial charge in [-0.25, -0.2) is 0 Å². The molecule has 0 bridgehead atoms. The van der Waals surface area contributed by atoms with Crippen LogP contribution in [-0.2, 0) is 6.42 Å². The van der Waals surface area contributed by atoms with Crippen molar-refractivity contribution < 1.29 is 5.11 Å². The molecule has 18 heavy (non-hydrogen) atoms. The van der Waals surface area contributed by atoms with E-state index in [-0.39, 0.29) is 6.10 Å². The minimum atomic E-state index is -0.180. The summed E-state index contributed by atoms with van der Waals surface area (Å²) in [5.41, 5.74) is 1.41. The molecule has 0 saturated carbocycles. The van der Waals surface area contributed by atoms with Crippen LogP contribution in [-0.4, -0.2) is 11.2 Å². The molecule has 0 fully saturated rings. The monoisotopic (exact) mass is 246 g/mol. The Kier molecular flexibility index (Phi) is 7.43. The van der Waals surface area contributed by atoms with E-state index in [1.54, 1.807) is 0 Å². The van der Waals surface area contributed by atoms with Crippen molar-refractivity contribution in [1.29, 1.82) is 0 Å². The van der Waals surface area contributed by atoms with Crippen LogP contribution in [0.15, 0.2) is 42.5 Å². The van der Waals surface area contributed by atoms with E-state index in [0.29, 0.717) is 5.92 Å². The molecule has 0 aliphatic rings. The van der Waals surface area contributed by atoms with E-state index in [4.69, 9.17) is 0 Å². The van der Waals surface area contributed by atoms with Crippen molar-refractivity contribution in [3.63, 3.8) is 0 Å². The zero-order valence-electron chi connectivity index (χ0n) is 11.7. The van der Waals surface area contributed by atoms with Crippen LogP contribution >= 0.6 is 0 Å². The van der Waals surface area contributed by atoms with Crippen molar-refractivity contribution in [3.8, 4) is 0 Å². The van der Waals surface area contributed by atoms with Crippen LogP contribution in [0, 0.1) is 5.92 Å². The molecule has 0 saturated heterocycles. The molecule has 1 aromatic carbocycles.